The fraction of sp³-hybridized carbons (Fsp3) is 0.351. The Morgan fingerprint density at radius 3 is 1.38 bits per heavy atom. The number of allylic oxidation sites excluding steroid dienone is 4. The van der Waals surface area contributed by atoms with Gasteiger partial charge in [0.05, 0.1) is 0 Å². The van der Waals surface area contributed by atoms with E-state index >= 15 is 0 Å². The average molecular weight is 553 g/mol. The molecule has 210 valence electrons. The summed E-state index contributed by atoms with van der Waals surface area (Å²) in [6, 6.07) is 33.6. The van der Waals surface area contributed by atoms with Crippen LogP contribution in [-0.4, -0.2) is 17.7 Å². The molecule has 1 aliphatic carbocycles. The predicted molar refractivity (Wildman–Crippen MR) is 174 cm³/mol. The van der Waals surface area contributed by atoms with Crippen LogP contribution in [0.25, 0.3) is 0 Å². The van der Waals surface area contributed by atoms with Crippen molar-refractivity contribution in [3.8, 4) is 0 Å². The SMILES string of the molecule is CC(C)C1=C(CCCCCCCCCC[PH](c2ccccc2)(c2ccccc2)c2ccccc2)C(=O)C=CC1=O. The van der Waals surface area contributed by atoms with Gasteiger partial charge in [0.2, 0.25) is 0 Å². The van der Waals surface area contributed by atoms with Crippen LogP contribution in [-0.2, 0) is 9.59 Å². The molecule has 0 fully saturated rings. The number of rotatable bonds is 15. The fourth-order valence-electron chi connectivity index (χ4n) is 6.37. The van der Waals surface area contributed by atoms with Gasteiger partial charge in [0.15, 0.2) is 5.78 Å². The zero-order valence-corrected chi connectivity index (χ0v) is 25.3. The fourth-order valence-corrected chi connectivity index (χ4v) is 11.3. The molecular formula is C37H45O2P. The summed E-state index contributed by atoms with van der Waals surface area (Å²) in [4.78, 5) is 24.6. The van der Waals surface area contributed by atoms with Gasteiger partial charge in [-0.05, 0) is 18.1 Å². The number of carbonyl (C=O) groups excluding carboxylic acids is 2. The standard InChI is InChI=1S/C37H45O2P/c1-30(2)37-34(35(38)27-28-36(37)39)26-18-7-5-3-4-6-8-19-29-40(31-20-12-9-13-21-31,32-22-14-10-15-23-32)33-24-16-11-17-25-33/h9-17,20-25,27-28,30,40H,3-8,18-19,26,29H2,1-2H3. The van der Waals surface area contributed by atoms with E-state index in [-0.39, 0.29) is 17.5 Å². The van der Waals surface area contributed by atoms with Crippen LogP contribution in [0.15, 0.2) is 114 Å². The second-order valence-corrected chi connectivity index (χ2v) is 15.5. The third-order valence-electron chi connectivity index (χ3n) is 8.38. The molecule has 40 heavy (non-hydrogen) atoms. The molecule has 0 aromatic heterocycles. The van der Waals surface area contributed by atoms with E-state index in [1.54, 1.807) is 0 Å². The van der Waals surface area contributed by atoms with Gasteiger partial charge in [0.25, 0.3) is 0 Å². The molecule has 4 rings (SSSR count). The van der Waals surface area contributed by atoms with E-state index in [9.17, 15) is 9.59 Å². The van der Waals surface area contributed by atoms with Crippen molar-refractivity contribution in [2.24, 2.45) is 5.92 Å². The molecular weight excluding hydrogens is 507 g/mol. The van der Waals surface area contributed by atoms with Gasteiger partial charge in [-0.3, -0.25) is 9.59 Å². The maximum absolute atomic E-state index is 12.4. The molecule has 3 heteroatoms. The maximum atomic E-state index is 12.4. The van der Waals surface area contributed by atoms with E-state index in [1.807, 2.05) is 13.8 Å². The molecule has 3 aromatic rings. The number of ketones is 2. The van der Waals surface area contributed by atoms with Crippen molar-refractivity contribution in [3.63, 3.8) is 0 Å². The summed E-state index contributed by atoms with van der Waals surface area (Å²) in [7, 11) is -2.11. The zero-order chi connectivity index (χ0) is 28.2. The topological polar surface area (TPSA) is 34.1 Å². The Balaban J connectivity index is 1.28. The van der Waals surface area contributed by atoms with Gasteiger partial charge in [0, 0.05) is 0 Å². The monoisotopic (exact) mass is 552 g/mol. The molecule has 0 saturated heterocycles. The summed E-state index contributed by atoms with van der Waals surface area (Å²) >= 11 is 0. The molecule has 0 heterocycles. The first kappa shape index (κ1) is 29.9. The van der Waals surface area contributed by atoms with Crippen molar-refractivity contribution in [1.29, 1.82) is 0 Å². The van der Waals surface area contributed by atoms with E-state index < -0.39 is 7.26 Å². The molecule has 0 bridgehead atoms. The third kappa shape index (κ3) is 7.35. The summed E-state index contributed by atoms with van der Waals surface area (Å²) in [6.45, 7) is 4.01. The quantitative estimate of drug-likeness (QED) is 0.109. The van der Waals surface area contributed by atoms with Gasteiger partial charge >= 0.3 is 195 Å². The molecule has 1 aliphatic rings. The molecule has 3 aromatic carbocycles. The van der Waals surface area contributed by atoms with Gasteiger partial charge < -0.3 is 0 Å². The van der Waals surface area contributed by atoms with Crippen LogP contribution in [0.5, 0.6) is 0 Å². The Labute approximate surface area is 242 Å². The molecule has 2 nitrogen and oxygen atoms in total. The second kappa shape index (κ2) is 15.1. The molecule has 0 aliphatic heterocycles. The summed E-state index contributed by atoms with van der Waals surface area (Å²) in [6.07, 6.45) is 14.4. The van der Waals surface area contributed by atoms with Crippen molar-refractivity contribution in [2.75, 3.05) is 6.16 Å². The number of unbranched alkanes of at least 4 members (excludes halogenated alkanes) is 7. The van der Waals surface area contributed by atoms with E-state index in [0.717, 1.165) is 30.4 Å². The Hall–Kier alpha value is -3.09. The third-order valence-corrected chi connectivity index (χ3v) is 13.4. The van der Waals surface area contributed by atoms with Crippen LogP contribution >= 0.6 is 7.26 Å². The number of benzene rings is 3. The molecule has 0 atom stereocenters. The van der Waals surface area contributed by atoms with Crippen molar-refractivity contribution >= 4 is 34.7 Å². The second-order valence-electron chi connectivity index (χ2n) is 11.4. The average Bonchev–Trinajstić information content (AvgIpc) is 2.99. The smallest absolute Gasteiger partial charge is 0.290 e. The molecule has 0 spiro atoms. The molecule has 0 amide bonds. The molecule has 0 N–H and O–H groups in total. The van der Waals surface area contributed by atoms with Crippen molar-refractivity contribution in [3.05, 3.63) is 114 Å². The molecule has 0 radical (unpaired) electrons. The van der Waals surface area contributed by atoms with Crippen molar-refractivity contribution in [1.82, 2.24) is 0 Å². The van der Waals surface area contributed by atoms with Crippen LogP contribution in [0.4, 0.5) is 0 Å². The number of carbonyl (C=O) groups is 2. The number of hydrogen-bond acceptors (Lipinski definition) is 2. The minimum Gasteiger partial charge on any atom is -0.290 e. The number of hydrogen-bond donors (Lipinski definition) is 0. The minimum absolute atomic E-state index is 0.0171. The van der Waals surface area contributed by atoms with Gasteiger partial charge in [-0.1, -0.05) is 13.8 Å². The Kier molecular flexibility index (Phi) is 11.2. The van der Waals surface area contributed by atoms with Crippen LogP contribution in [0.2, 0.25) is 0 Å². The Morgan fingerprint density at radius 1 is 0.525 bits per heavy atom. The summed E-state index contributed by atoms with van der Waals surface area (Å²) in [5, 5.41) is 4.49. The summed E-state index contributed by atoms with van der Waals surface area (Å²) < 4.78 is 0. The van der Waals surface area contributed by atoms with Crippen LogP contribution < -0.4 is 15.9 Å². The van der Waals surface area contributed by atoms with E-state index in [1.165, 1.54) is 72.8 Å². The van der Waals surface area contributed by atoms with Crippen molar-refractivity contribution < 1.29 is 9.59 Å². The van der Waals surface area contributed by atoms with Crippen LogP contribution in [0.3, 0.4) is 0 Å². The predicted octanol–water partition coefficient (Wildman–Crippen LogP) is 7.88. The summed E-state index contributed by atoms with van der Waals surface area (Å²) in [5.41, 5.74) is 1.49. The molecule has 0 unspecified atom stereocenters. The Morgan fingerprint density at radius 2 is 0.925 bits per heavy atom. The van der Waals surface area contributed by atoms with Gasteiger partial charge in [-0.2, -0.15) is 0 Å². The van der Waals surface area contributed by atoms with E-state index in [2.05, 4.69) is 91.0 Å². The van der Waals surface area contributed by atoms with Gasteiger partial charge in [-0.25, -0.2) is 0 Å². The Bertz CT molecular complexity index is 1190. The van der Waals surface area contributed by atoms with Crippen molar-refractivity contribution in [2.45, 2.75) is 71.6 Å². The normalized spacial score (nSPS) is 14.3. The van der Waals surface area contributed by atoms with E-state index in [4.69, 9.17) is 0 Å². The first-order valence-corrected chi connectivity index (χ1v) is 17.4. The summed E-state index contributed by atoms with van der Waals surface area (Å²) in [5.74, 6) is 0.150. The zero-order valence-electron chi connectivity index (χ0n) is 24.3. The first-order valence-electron chi connectivity index (χ1n) is 15.2. The molecule has 0 saturated carbocycles. The van der Waals surface area contributed by atoms with E-state index in [0.29, 0.717) is 0 Å². The van der Waals surface area contributed by atoms with Gasteiger partial charge in [-0.15, -0.1) is 0 Å². The van der Waals surface area contributed by atoms with Crippen LogP contribution in [0, 0.1) is 5.92 Å². The van der Waals surface area contributed by atoms with Gasteiger partial charge in [0.1, 0.15) is 0 Å². The first-order chi connectivity index (χ1) is 19.5. The minimum atomic E-state index is -2.11. The van der Waals surface area contributed by atoms with Crippen LogP contribution in [0.1, 0.15) is 71.6 Å².